The summed E-state index contributed by atoms with van der Waals surface area (Å²) in [7, 11) is 1.43. The van der Waals surface area contributed by atoms with Crippen molar-refractivity contribution in [1.29, 1.82) is 0 Å². The van der Waals surface area contributed by atoms with Crippen LogP contribution in [0, 0.1) is 5.82 Å². The standard InChI is InChI=1S/C19H16FNO3/c1-24-19-15(4-2-6-16(19)20)14-9-7-12(8-10-17(22)23)13-5-3-11-21-18(13)14/h2-7,9,11H,8,10H2,1H3,(H,22,23). The van der Waals surface area contributed by atoms with Gasteiger partial charge in [0.15, 0.2) is 11.6 Å². The fraction of sp³-hybridized carbons (Fsp3) is 0.158. The molecule has 0 fully saturated rings. The zero-order valence-corrected chi connectivity index (χ0v) is 13.1. The number of benzene rings is 2. The maximum Gasteiger partial charge on any atom is 0.303 e. The number of halogens is 1. The Morgan fingerprint density at radius 2 is 2.00 bits per heavy atom. The molecule has 0 spiro atoms. The Bertz CT molecular complexity index is 908. The van der Waals surface area contributed by atoms with Crippen LogP contribution in [0.2, 0.25) is 0 Å². The van der Waals surface area contributed by atoms with Crippen molar-refractivity contribution in [2.24, 2.45) is 0 Å². The molecule has 0 radical (unpaired) electrons. The predicted octanol–water partition coefficient (Wildman–Crippen LogP) is 4.07. The van der Waals surface area contributed by atoms with E-state index in [1.54, 1.807) is 24.4 Å². The van der Waals surface area contributed by atoms with Gasteiger partial charge in [-0.15, -0.1) is 0 Å². The molecule has 0 bridgehead atoms. The molecule has 0 aliphatic heterocycles. The van der Waals surface area contributed by atoms with Crippen LogP contribution in [0.25, 0.3) is 22.0 Å². The molecule has 2 aromatic carbocycles. The molecule has 0 saturated heterocycles. The van der Waals surface area contributed by atoms with Gasteiger partial charge < -0.3 is 9.84 Å². The van der Waals surface area contributed by atoms with Gasteiger partial charge in [0.05, 0.1) is 12.6 Å². The third-order valence-corrected chi connectivity index (χ3v) is 3.93. The summed E-state index contributed by atoms with van der Waals surface area (Å²) < 4.78 is 19.2. The average Bonchev–Trinajstić information content (AvgIpc) is 2.59. The fourth-order valence-electron chi connectivity index (χ4n) is 2.84. The monoisotopic (exact) mass is 325 g/mol. The summed E-state index contributed by atoms with van der Waals surface area (Å²) in [5, 5.41) is 9.77. The van der Waals surface area contributed by atoms with E-state index in [9.17, 15) is 9.18 Å². The van der Waals surface area contributed by atoms with E-state index in [2.05, 4.69) is 4.98 Å². The van der Waals surface area contributed by atoms with E-state index in [1.807, 2.05) is 18.2 Å². The minimum absolute atomic E-state index is 0.0482. The zero-order valence-electron chi connectivity index (χ0n) is 13.1. The van der Waals surface area contributed by atoms with Crippen LogP contribution in [0.5, 0.6) is 5.75 Å². The second-order valence-electron chi connectivity index (χ2n) is 5.39. The van der Waals surface area contributed by atoms with Crippen LogP contribution < -0.4 is 4.74 Å². The molecular formula is C19H16FNO3. The van der Waals surface area contributed by atoms with E-state index in [0.717, 1.165) is 16.5 Å². The number of aliphatic carboxylic acids is 1. The Hall–Kier alpha value is -2.95. The number of aromatic nitrogens is 1. The van der Waals surface area contributed by atoms with Gasteiger partial charge in [-0.25, -0.2) is 4.39 Å². The van der Waals surface area contributed by atoms with Crippen LogP contribution in [0.3, 0.4) is 0 Å². The molecule has 0 amide bonds. The molecule has 5 heteroatoms. The lowest BCUT2D eigenvalue weighted by atomic mass is 9.96. The first-order chi connectivity index (χ1) is 11.6. The molecule has 4 nitrogen and oxygen atoms in total. The number of methoxy groups -OCH3 is 1. The van der Waals surface area contributed by atoms with Crippen molar-refractivity contribution in [2.75, 3.05) is 7.11 Å². The Morgan fingerprint density at radius 1 is 1.17 bits per heavy atom. The smallest absolute Gasteiger partial charge is 0.303 e. The van der Waals surface area contributed by atoms with E-state index in [0.29, 0.717) is 17.5 Å². The van der Waals surface area contributed by atoms with Crippen molar-refractivity contribution >= 4 is 16.9 Å². The molecule has 1 aromatic heterocycles. The van der Waals surface area contributed by atoms with Crippen molar-refractivity contribution in [3.63, 3.8) is 0 Å². The highest BCUT2D eigenvalue weighted by Gasteiger charge is 2.15. The SMILES string of the molecule is COc1c(F)cccc1-c1ccc(CCC(=O)O)c2cccnc12. The number of carbonyl (C=O) groups is 1. The Labute approximate surface area is 138 Å². The third-order valence-electron chi connectivity index (χ3n) is 3.93. The topological polar surface area (TPSA) is 59.4 Å². The van der Waals surface area contributed by atoms with Crippen LogP contribution in [0.1, 0.15) is 12.0 Å². The summed E-state index contributed by atoms with van der Waals surface area (Å²) in [6.07, 6.45) is 2.13. The summed E-state index contributed by atoms with van der Waals surface area (Å²) in [5.41, 5.74) is 2.97. The van der Waals surface area contributed by atoms with Crippen LogP contribution >= 0.6 is 0 Å². The predicted molar refractivity (Wildman–Crippen MR) is 89.6 cm³/mol. The van der Waals surface area contributed by atoms with Crippen molar-refractivity contribution in [3.8, 4) is 16.9 Å². The number of hydrogen-bond acceptors (Lipinski definition) is 3. The number of para-hydroxylation sites is 1. The van der Waals surface area contributed by atoms with Gasteiger partial charge in [0, 0.05) is 29.1 Å². The molecule has 1 heterocycles. The van der Waals surface area contributed by atoms with Crippen LogP contribution in [-0.2, 0) is 11.2 Å². The summed E-state index contributed by atoms with van der Waals surface area (Å²) in [6.45, 7) is 0. The number of fused-ring (bicyclic) bond motifs is 1. The van der Waals surface area contributed by atoms with Gasteiger partial charge in [0.25, 0.3) is 0 Å². The van der Waals surface area contributed by atoms with E-state index < -0.39 is 11.8 Å². The van der Waals surface area contributed by atoms with E-state index in [-0.39, 0.29) is 12.2 Å². The highest BCUT2D eigenvalue weighted by molar-refractivity contribution is 5.97. The number of nitrogens with zero attached hydrogens (tertiary/aromatic N) is 1. The van der Waals surface area contributed by atoms with Crippen molar-refractivity contribution < 1.29 is 19.0 Å². The zero-order chi connectivity index (χ0) is 17.1. The van der Waals surface area contributed by atoms with Gasteiger partial charge >= 0.3 is 5.97 Å². The van der Waals surface area contributed by atoms with Gasteiger partial charge in [-0.1, -0.05) is 30.3 Å². The molecule has 3 rings (SSSR count). The number of pyridine rings is 1. The van der Waals surface area contributed by atoms with Crippen LogP contribution in [0.4, 0.5) is 4.39 Å². The quantitative estimate of drug-likeness (QED) is 0.768. The fourth-order valence-corrected chi connectivity index (χ4v) is 2.84. The van der Waals surface area contributed by atoms with Crippen molar-refractivity contribution in [2.45, 2.75) is 12.8 Å². The molecule has 0 aliphatic rings. The van der Waals surface area contributed by atoms with Gasteiger partial charge in [-0.3, -0.25) is 9.78 Å². The minimum Gasteiger partial charge on any atom is -0.493 e. The normalized spacial score (nSPS) is 10.8. The number of carboxylic acid groups (broad SMARTS) is 1. The van der Waals surface area contributed by atoms with Crippen LogP contribution in [-0.4, -0.2) is 23.2 Å². The summed E-state index contributed by atoms with van der Waals surface area (Å²) in [6, 6.07) is 12.2. The second kappa shape index (κ2) is 6.66. The highest BCUT2D eigenvalue weighted by Crippen LogP contribution is 2.36. The second-order valence-corrected chi connectivity index (χ2v) is 5.39. The molecule has 1 N–H and O–H groups in total. The first kappa shape index (κ1) is 15.9. The maximum absolute atomic E-state index is 14.0. The highest BCUT2D eigenvalue weighted by atomic mass is 19.1. The summed E-state index contributed by atoms with van der Waals surface area (Å²) >= 11 is 0. The molecule has 24 heavy (non-hydrogen) atoms. The van der Waals surface area contributed by atoms with E-state index >= 15 is 0 Å². The number of ether oxygens (including phenoxy) is 1. The summed E-state index contributed by atoms with van der Waals surface area (Å²) in [5.74, 6) is -1.11. The maximum atomic E-state index is 14.0. The van der Waals surface area contributed by atoms with Crippen molar-refractivity contribution in [1.82, 2.24) is 4.98 Å². The number of rotatable bonds is 5. The van der Waals surface area contributed by atoms with Gasteiger partial charge in [0.2, 0.25) is 0 Å². The molecule has 0 saturated carbocycles. The molecule has 0 aliphatic carbocycles. The Balaban J connectivity index is 2.19. The molecular weight excluding hydrogens is 309 g/mol. The van der Waals surface area contributed by atoms with Crippen LogP contribution in [0.15, 0.2) is 48.7 Å². The lowest BCUT2D eigenvalue weighted by Gasteiger charge is -2.13. The molecule has 122 valence electrons. The van der Waals surface area contributed by atoms with E-state index in [1.165, 1.54) is 13.2 Å². The summed E-state index contributed by atoms with van der Waals surface area (Å²) in [4.78, 5) is 15.3. The van der Waals surface area contributed by atoms with E-state index in [4.69, 9.17) is 9.84 Å². The first-order valence-corrected chi connectivity index (χ1v) is 7.53. The average molecular weight is 325 g/mol. The minimum atomic E-state index is -0.845. The van der Waals surface area contributed by atoms with Crippen molar-refractivity contribution in [3.05, 3.63) is 60.0 Å². The third kappa shape index (κ3) is 2.93. The molecule has 0 unspecified atom stereocenters. The molecule has 3 aromatic rings. The molecule has 0 atom stereocenters. The number of carboxylic acids is 1. The number of hydrogen-bond donors (Lipinski definition) is 1. The lowest BCUT2D eigenvalue weighted by Crippen LogP contribution is -1.99. The Kier molecular flexibility index (Phi) is 4.42. The first-order valence-electron chi connectivity index (χ1n) is 7.53. The van der Waals surface area contributed by atoms with Gasteiger partial charge in [0.1, 0.15) is 0 Å². The van der Waals surface area contributed by atoms with Gasteiger partial charge in [-0.2, -0.15) is 0 Å². The largest absolute Gasteiger partial charge is 0.493 e. The number of aryl methyl sites for hydroxylation is 1. The lowest BCUT2D eigenvalue weighted by molar-refractivity contribution is -0.136. The Morgan fingerprint density at radius 3 is 2.75 bits per heavy atom. The van der Waals surface area contributed by atoms with Gasteiger partial charge in [-0.05, 0) is 24.1 Å².